The monoisotopic (exact) mass is 325 g/mol. The molecule has 0 aliphatic heterocycles. The molecule has 0 aliphatic rings. The Kier molecular flexibility index (Phi) is 7.14. The first-order valence-electron chi connectivity index (χ1n) is 7.12. The summed E-state index contributed by atoms with van der Waals surface area (Å²) in [4.78, 5) is 0.156. The molecule has 0 radical (unpaired) electrons. The van der Waals surface area contributed by atoms with E-state index in [1.165, 1.54) is 16.4 Å². The molecule has 5 nitrogen and oxygen atoms in total. The Bertz CT molecular complexity index is 601. The number of rotatable bonds is 10. The Morgan fingerprint density at radius 3 is 2.09 bits per heavy atom. The van der Waals surface area contributed by atoms with Gasteiger partial charge in [-0.05, 0) is 26.0 Å². The topological polar surface area (TPSA) is 55.8 Å². The van der Waals surface area contributed by atoms with Gasteiger partial charge in [0, 0.05) is 19.2 Å². The van der Waals surface area contributed by atoms with Gasteiger partial charge in [-0.15, -0.1) is 13.2 Å². The molecule has 122 valence electrons. The third kappa shape index (κ3) is 4.35. The van der Waals surface area contributed by atoms with Crippen LogP contribution in [0.25, 0.3) is 0 Å². The molecule has 1 aromatic rings. The largest absolute Gasteiger partial charge is 0.490 e. The summed E-state index contributed by atoms with van der Waals surface area (Å²) in [6.07, 6.45) is 3.08. The van der Waals surface area contributed by atoms with Gasteiger partial charge in [-0.3, -0.25) is 0 Å². The quantitative estimate of drug-likeness (QED) is 0.621. The van der Waals surface area contributed by atoms with Crippen LogP contribution >= 0.6 is 0 Å². The van der Waals surface area contributed by atoms with E-state index in [1.54, 1.807) is 18.2 Å². The molecule has 22 heavy (non-hydrogen) atoms. The Labute approximate surface area is 132 Å². The number of sulfonamides is 1. The average molecular weight is 325 g/mol. The first-order valence-corrected chi connectivity index (χ1v) is 8.56. The molecule has 1 aromatic carbocycles. The van der Waals surface area contributed by atoms with Crippen molar-refractivity contribution in [3.8, 4) is 11.5 Å². The summed E-state index contributed by atoms with van der Waals surface area (Å²) in [5.74, 6) is 0.949. The van der Waals surface area contributed by atoms with Gasteiger partial charge in [0.05, 0.1) is 18.1 Å². The zero-order valence-corrected chi connectivity index (χ0v) is 13.9. The molecule has 0 heterocycles. The van der Waals surface area contributed by atoms with E-state index in [0.29, 0.717) is 24.7 Å². The molecule has 0 saturated carbocycles. The second-order valence-electron chi connectivity index (χ2n) is 4.37. The van der Waals surface area contributed by atoms with E-state index in [0.717, 1.165) is 0 Å². The van der Waals surface area contributed by atoms with Crippen molar-refractivity contribution in [2.75, 3.05) is 26.3 Å². The molecular weight excluding hydrogens is 302 g/mol. The highest BCUT2D eigenvalue weighted by atomic mass is 32.2. The van der Waals surface area contributed by atoms with Crippen molar-refractivity contribution >= 4 is 10.0 Å². The van der Waals surface area contributed by atoms with Gasteiger partial charge in [0.15, 0.2) is 11.5 Å². The van der Waals surface area contributed by atoms with Gasteiger partial charge < -0.3 is 9.47 Å². The van der Waals surface area contributed by atoms with Crippen molar-refractivity contribution in [3.05, 3.63) is 43.5 Å². The maximum Gasteiger partial charge on any atom is 0.243 e. The molecule has 0 saturated heterocycles. The van der Waals surface area contributed by atoms with Gasteiger partial charge in [-0.25, -0.2) is 8.42 Å². The number of benzene rings is 1. The fourth-order valence-electron chi connectivity index (χ4n) is 1.90. The van der Waals surface area contributed by atoms with Crippen LogP contribution in [0.2, 0.25) is 0 Å². The summed E-state index contributed by atoms with van der Waals surface area (Å²) >= 11 is 0. The fraction of sp³-hybridized carbons (Fsp3) is 0.375. The standard InChI is InChI=1S/C16H23NO4S/c1-5-11-17(12-6-2)22(18,19)14-9-10-15(20-7-3)16(13-14)21-8-4/h5-6,9-10,13H,1-2,7-8,11-12H2,3-4H3. The van der Waals surface area contributed by atoms with Crippen molar-refractivity contribution in [2.45, 2.75) is 18.7 Å². The van der Waals surface area contributed by atoms with Crippen LogP contribution in [-0.2, 0) is 10.0 Å². The van der Waals surface area contributed by atoms with E-state index >= 15 is 0 Å². The number of nitrogens with zero attached hydrogens (tertiary/aromatic N) is 1. The molecule has 0 aliphatic carbocycles. The zero-order chi connectivity index (χ0) is 16.6. The summed E-state index contributed by atoms with van der Waals surface area (Å²) in [5, 5.41) is 0. The van der Waals surface area contributed by atoms with Crippen LogP contribution in [-0.4, -0.2) is 39.0 Å². The van der Waals surface area contributed by atoms with E-state index in [-0.39, 0.29) is 18.0 Å². The predicted octanol–water partition coefficient (Wildman–Crippen LogP) is 2.85. The zero-order valence-electron chi connectivity index (χ0n) is 13.1. The minimum Gasteiger partial charge on any atom is -0.490 e. The number of hydrogen-bond donors (Lipinski definition) is 0. The van der Waals surface area contributed by atoms with Crippen molar-refractivity contribution in [1.29, 1.82) is 0 Å². The summed E-state index contributed by atoms with van der Waals surface area (Å²) in [6.45, 7) is 12.2. The molecule has 0 unspecified atom stereocenters. The minimum absolute atomic E-state index is 0.156. The van der Waals surface area contributed by atoms with Crippen LogP contribution in [0.15, 0.2) is 48.4 Å². The van der Waals surface area contributed by atoms with Crippen molar-refractivity contribution in [3.63, 3.8) is 0 Å². The third-order valence-electron chi connectivity index (χ3n) is 2.82. The van der Waals surface area contributed by atoms with Crippen molar-refractivity contribution in [1.82, 2.24) is 4.31 Å². The Morgan fingerprint density at radius 2 is 1.59 bits per heavy atom. The Morgan fingerprint density at radius 1 is 1.05 bits per heavy atom. The van der Waals surface area contributed by atoms with Crippen molar-refractivity contribution in [2.24, 2.45) is 0 Å². The molecule has 1 rings (SSSR count). The lowest BCUT2D eigenvalue weighted by Crippen LogP contribution is -2.31. The smallest absolute Gasteiger partial charge is 0.243 e. The lowest BCUT2D eigenvalue weighted by molar-refractivity contribution is 0.287. The fourth-order valence-corrected chi connectivity index (χ4v) is 3.30. The first-order chi connectivity index (χ1) is 10.5. The second-order valence-corrected chi connectivity index (χ2v) is 6.31. The van der Waals surface area contributed by atoms with Gasteiger partial charge >= 0.3 is 0 Å². The SMILES string of the molecule is C=CCN(CC=C)S(=O)(=O)c1ccc(OCC)c(OCC)c1. The summed E-state index contributed by atoms with van der Waals surface area (Å²) < 4.78 is 37.6. The lowest BCUT2D eigenvalue weighted by atomic mass is 10.3. The molecule has 0 aromatic heterocycles. The van der Waals surface area contributed by atoms with Gasteiger partial charge in [0.1, 0.15) is 0 Å². The third-order valence-corrected chi connectivity index (χ3v) is 4.65. The summed E-state index contributed by atoms with van der Waals surface area (Å²) in [7, 11) is -3.64. The maximum atomic E-state index is 12.7. The summed E-state index contributed by atoms with van der Waals surface area (Å²) in [6, 6.07) is 4.62. The van der Waals surface area contributed by atoms with Crippen LogP contribution < -0.4 is 9.47 Å². The highest BCUT2D eigenvalue weighted by Crippen LogP contribution is 2.31. The van der Waals surface area contributed by atoms with E-state index < -0.39 is 10.0 Å². The molecule has 6 heteroatoms. The average Bonchev–Trinajstić information content (AvgIpc) is 2.49. The van der Waals surface area contributed by atoms with Gasteiger partial charge in [-0.1, -0.05) is 12.2 Å². The highest BCUT2D eigenvalue weighted by molar-refractivity contribution is 7.89. The Hall–Kier alpha value is -1.79. The number of hydrogen-bond acceptors (Lipinski definition) is 4. The molecule has 0 fully saturated rings. The van der Waals surface area contributed by atoms with E-state index in [4.69, 9.17) is 9.47 Å². The summed E-state index contributed by atoms with van der Waals surface area (Å²) in [5.41, 5.74) is 0. The molecule has 0 N–H and O–H groups in total. The van der Waals surface area contributed by atoms with Crippen LogP contribution in [0.5, 0.6) is 11.5 Å². The second kappa shape index (κ2) is 8.60. The normalized spacial score (nSPS) is 11.2. The molecule has 0 bridgehead atoms. The van der Waals surface area contributed by atoms with E-state index in [1.807, 2.05) is 13.8 Å². The van der Waals surface area contributed by atoms with Gasteiger partial charge in [0.25, 0.3) is 0 Å². The number of ether oxygens (including phenoxy) is 2. The van der Waals surface area contributed by atoms with Crippen LogP contribution in [0, 0.1) is 0 Å². The van der Waals surface area contributed by atoms with Crippen molar-refractivity contribution < 1.29 is 17.9 Å². The first kappa shape index (κ1) is 18.3. The highest BCUT2D eigenvalue weighted by Gasteiger charge is 2.24. The minimum atomic E-state index is -3.64. The van der Waals surface area contributed by atoms with E-state index in [2.05, 4.69) is 13.2 Å². The van der Waals surface area contributed by atoms with Gasteiger partial charge in [-0.2, -0.15) is 4.31 Å². The molecule has 0 amide bonds. The van der Waals surface area contributed by atoms with E-state index in [9.17, 15) is 8.42 Å². The van der Waals surface area contributed by atoms with Crippen LogP contribution in [0.1, 0.15) is 13.8 Å². The lowest BCUT2D eigenvalue weighted by Gasteiger charge is -2.20. The van der Waals surface area contributed by atoms with Crippen LogP contribution in [0.3, 0.4) is 0 Å². The maximum absolute atomic E-state index is 12.7. The van der Waals surface area contributed by atoms with Gasteiger partial charge in [0.2, 0.25) is 10.0 Å². The molecule has 0 spiro atoms. The van der Waals surface area contributed by atoms with Crippen LogP contribution in [0.4, 0.5) is 0 Å². The predicted molar refractivity (Wildman–Crippen MR) is 87.9 cm³/mol. The Balaban J connectivity index is 3.25. The molecular formula is C16H23NO4S. The molecule has 0 atom stereocenters.